The normalized spacial score (nSPS) is 13.4. The van der Waals surface area contributed by atoms with Crippen molar-refractivity contribution in [2.45, 2.75) is 33.2 Å². The van der Waals surface area contributed by atoms with Crippen molar-refractivity contribution in [3.8, 4) is 0 Å². The van der Waals surface area contributed by atoms with E-state index >= 15 is 0 Å². The van der Waals surface area contributed by atoms with E-state index in [-0.39, 0.29) is 18.1 Å². The SMILES string of the molecule is CCS(=O)(=O)CC(=O)NC(CC(C)C)C(=O)O. The van der Waals surface area contributed by atoms with Crippen molar-refractivity contribution in [3.05, 3.63) is 0 Å². The summed E-state index contributed by atoms with van der Waals surface area (Å²) >= 11 is 0. The summed E-state index contributed by atoms with van der Waals surface area (Å²) in [5.74, 6) is -2.62. The van der Waals surface area contributed by atoms with E-state index in [1.54, 1.807) is 0 Å². The minimum Gasteiger partial charge on any atom is -0.480 e. The molecule has 0 fully saturated rings. The van der Waals surface area contributed by atoms with Gasteiger partial charge in [-0.3, -0.25) is 4.79 Å². The van der Waals surface area contributed by atoms with Gasteiger partial charge < -0.3 is 10.4 Å². The van der Waals surface area contributed by atoms with Crippen molar-refractivity contribution >= 4 is 21.7 Å². The summed E-state index contributed by atoms with van der Waals surface area (Å²) in [6.07, 6.45) is 0.271. The Bertz CT molecular complexity index is 374. The number of carbonyl (C=O) groups excluding carboxylic acids is 1. The Hall–Kier alpha value is -1.11. The molecular weight excluding hydrogens is 246 g/mol. The fraction of sp³-hybridized carbons (Fsp3) is 0.800. The third-order valence-electron chi connectivity index (χ3n) is 2.13. The van der Waals surface area contributed by atoms with Crippen LogP contribution in [0.25, 0.3) is 0 Å². The number of carboxylic acid groups (broad SMARTS) is 1. The molecule has 1 unspecified atom stereocenters. The van der Waals surface area contributed by atoms with Crippen molar-refractivity contribution in [2.75, 3.05) is 11.5 Å². The number of amides is 1. The predicted octanol–water partition coefficient (Wildman–Crippen LogP) is 0.0366. The van der Waals surface area contributed by atoms with E-state index in [1.807, 2.05) is 13.8 Å². The molecule has 6 nitrogen and oxygen atoms in total. The molecule has 0 saturated heterocycles. The molecule has 0 spiro atoms. The Balaban J connectivity index is 4.47. The van der Waals surface area contributed by atoms with E-state index in [0.717, 1.165) is 0 Å². The largest absolute Gasteiger partial charge is 0.480 e. The van der Waals surface area contributed by atoms with Crippen molar-refractivity contribution in [2.24, 2.45) is 5.92 Å². The highest BCUT2D eigenvalue weighted by atomic mass is 32.2. The summed E-state index contributed by atoms with van der Waals surface area (Å²) < 4.78 is 22.4. The topological polar surface area (TPSA) is 101 Å². The number of sulfone groups is 1. The molecule has 100 valence electrons. The van der Waals surface area contributed by atoms with Crippen LogP contribution in [0.1, 0.15) is 27.2 Å². The fourth-order valence-corrected chi connectivity index (χ4v) is 1.92. The van der Waals surface area contributed by atoms with Crippen LogP contribution in [-0.4, -0.2) is 42.9 Å². The standard InChI is InChI=1S/C10H19NO5S/c1-4-17(15,16)6-9(12)11-8(10(13)14)5-7(2)3/h7-8H,4-6H2,1-3H3,(H,11,12)(H,13,14). The molecule has 0 bridgehead atoms. The number of hydrogen-bond donors (Lipinski definition) is 2. The second-order valence-corrected chi connectivity index (χ2v) is 6.62. The van der Waals surface area contributed by atoms with Crippen LogP contribution in [0.15, 0.2) is 0 Å². The Morgan fingerprint density at radius 3 is 2.18 bits per heavy atom. The molecule has 7 heteroatoms. The number of carbonyl (C=O) groups is 2. The zero-order valence-electron chi connectivity index (χ0n) is 10.3. The molecule has 0 saturated carbocycles. The minimum absolute atomic E-state index is 0.0965. The van der Waals surface area contributed by atoms with Gasteiger partial charge in [-0.05, 0) is 12.3 Å². The van der Waals surface area contributed by atoms with Gasteiger partial charge >= 0.3 is 5.97 Å². The van der Waals surface area contributed by atoms with E-state index in [0.29, 0.717) is 0 Å². The maximum Gasteiger partial charge on any atom is 0.326 e. The zero-order chi connectivity index (χ0) is 13.6. The van der Waals surface area contributed by atoms with Crippen LogP contribution >= 0.6 is 0 Å². The molecule has 17 heavy (non-hydrogen) atoms. The van der Waals surface area contributed by atoms with E-state index in [9.17, 15) is 18.0 Å². The van der Waals surface area contributed by atoms with Crippen LogP contribution in [0.3, 0.4) is 0 Å². The van der Waals surface area contributed by atoms with E-state index < -0.39 is 33.5 Å². The van der Waals surface area contributed by atoms with E-state index in [4.69, 9.17) is 5.11 Å². The summed E-state index contributed by atoms with van der Waals surface area (Å²) in [7, 11) is -3.42. The van der Waals surface area contributed by atoms with Crippen molar-refractivity contribution in [1.29, 1.82) is 0 Å². The molecule has 1 atom stereocenters. The third-order valence-corrected chi connectivity index (χ3v) is 3.71. The molecule has 0 heterocycles. The van der Waals surface area contributed by atoms with Gasteiger partial charge in [-0.2, -0.15) is 0 Å². The number of rotatable bonds is 7. The monoisotopic (exact) mass is 265 g/mol. The number of aliphatic carboxylic acids is 1. The maximum absolute atomic E-state index is 11.4. The first-order chi connectivity index (χ1) is 7.68. The lowest BCUT2D eigenvalue weighted by molar-refractivity contribution is -0.141. The highest BCUT2D eigenvalue weighted by Gasteiger charge is 2.23. The molecule has 0 aromatic heterocycles. The molecule has 0 aliphatic carbocycles. The van der Waals surface area contributed by atoms with Crippen LogP contribution in [0.2, 0.25) is 0 Å². The van der Waals surface area contributed by atoms with Crippen LogP contribution in [-0.2, 0) is 19.4 Å². The third kappa shape index (κ3) is 6.93. The van der Waals surface area contributed by atoms with Gasteiger partial charge in [0.1, 0.15) is 11.8 Å². The Morgan fingerprint density at radius 1 is 1.29 bits per heavy atom. The fourth-order valence-electron chi connectivity index (χ4n) is 1.23. The van der Waals surface area contributed by atoms with Gasteiger partial charge in [-0.1, -0.05) is 20.8 Å². The summed E-state index contributed by atoms with van der Waals surface area (Å²) in [6, 6.07) is -1.03. The maximum atomic E-state index is 11.4. The number of hydrogen-bond acceptors (Lipinski definition) is 4. The van der Waals surface area contributed by atoms with Crippen LogP contribution < -0.4 is 5.32 Å². The van der Waals surface area contributed by atoms with Gasteiger partial charge in [-0.25, -0.2) is 13.2 Å². The summed E-state index contributed by atoms with van der Waals surface area (Å²) in [5, 5.41) is 11.1. The molecule has 0 aliphatic heterocycles. The van der Waals surface area contributed by atoms with Gasteiger partial charge in [0, 0.05) is 5.75 Å². The quantitative estimate of drug-likeness (QED) is 0.676. The van der Waals surface area contributed by atoms with Crippen LogP contribution in [0.5, 0.6) is 0 Å². The lowest BCUT2D eigenvalue weighted by Gasteiger charge is -2.16. The predicted molar refractivity (Wildman–Crippen MR) is 63.3 cm³/mol. The summed E-state index contributed by atoms with van der Waals surface area (Å²) in [6.45, 7) is 5.08. The highest BCUT2D eigenvalue weighted by molar-refractivity contribution is 7.92. The van der Waals surface area contributed by atoms with E-state index in [1.165, 1.54) is 6.92 Å². The van der Waals surface area contributed by atoms with Gasteiger partial charge in [0.15, 0.2) is 9.84 Å². The molecular formula is C10H19NO5S. The molecule has 0 aliphatic rings. The van der Waals surface area contributed by atoms with Crippen LogP contribution in [0, 0.1) is 5.92 Å². The Labute approximate surface area is 101 Å². The summed E-state index contributed by atoms with van der Waals surface area (Å²) in [5.41, 5.74) is 0. The number of carboxylic acids is 1. The van der Waals surface area contributed by atoms with Gasteiger partial charge in [0.25, 0.3) is 0 Å². The molecule has 0 rings (SSSR count). The number of nitrogens with one attached hydrogen (secondary N) is 1. The first kappa shape index (κ1) is 15.9. The average molecular weight is 265 g/mol. The lowest BCUT2D eigenvalue weighted by atomic mass is 10.0. The first-order valence-electron chi connectivity index (χ1n) is 5.40. The van der Waals surface area contributed by atoms with Crippen molar-refractivity contribution < 1.29 is 23.1 Å². The molecule has 0 aromatic carbocycles. The smallest absolute Gasteiger partial charge is 0.326 e. The van der Waals surface area contributed by atoms with Gasteiger partial charge in [0.2, 0.25) is 5.91 Å². The van der Waals surface area contributed by atoms with Crippen LogP contribution in [0.4, 0.5) is 0 Å². The van der Waals surface area contributed by atoms with Gasteiger partial charge in [-0.15, -0.1) is 0 Å². The zero-order valence-corrected chi connectivity index (χ0v) is 11.1. The second-order valence-electron chi connectivity index (χ2n) is 4.26. The minimum atomic E-state index is -3.42. The molecule has 0 aromatic rings. The molecule has 1 amide bonds. The summed E-state index contributed by atoms with van der Waals surface area (Å²) in [4.78, 5) is 22.2. The van der Waals surface area contributed by atoms with Crippen molar-refractivity contribution in [1.82, 2.24) is 5.32 Å². The Kier molecular flexibility index (Phi) is 6.15. The highest BCUT2D eigenvalue weighted by Crippen LogP contribution is 2.05. The van der Waals surface area contributed by atoms with E-state index in [2.05, 4.69) is 5.32 Å². The first-order valence-corrected chi connectivity index (χ1v) is 7.22. The van der Waals surface area contributed by atoms with Gasteiger partial charge in [0.05, 0.1) is 0 Å². The van der Waals surface area contributed by atoms with Crippen molar-refractivity contribution in [3.63, 3.8) is 0 Å². The average Bonchev–Trinajstić information content (AvgIpc) is 2.15. The molecule has 0 radical (unpaired) electrons. The Morgan fingerprint density at radius 2 is 1.82 bits per heavy atom. The lowest BCUT2D eigenvalue weighted by Crippen LogP contribution is -2.44. The second kappa shape index (κ2) is 6.58. The molecule has 2 N–H and O–H groups in total.